The van der Waals surface area contributed by atoms with Gasteiger partial charge in [-0.3, -0.25) is 0 Å². The Kier molecular flexibility index (Phi) is 5.33. The van der Waals surface area contributed by atoms with E-state index in [0.29, 0.717) is 0 Å². The average Bonchev–Trinajstić information content (AvgIpc) is 2.54. The standard InChI is InChI=1S/C5H12N2.C4H5N/c1-2-6-4-5-7-3-1;1-2-4-5-3-1/h6-7H,1-5H2;1-5H. The van der Waals surface area contributed by atoms with Crippen LogP contribution in [0.5, 0.6) is 0 Å². The Bertz CT molecular complexity index is 123. The van der Waals surface area contributed by atoms with Crippen LogP contribution in [0.3, 0.4) is 0 Å². The van der Waals surface area contributed by atoms with Crippen LogP contribution in [0.4, 0.5) is 0 Å². The van der Waals surface area contributed by atoms with Gasteiger partial charge in [-0.05, 0) is 31.6 Å². The van der Waals surface area contributed by atoms with E-state index in [1.807, 2.05) is 24.5 Å². The predicted molar refractivity (Wildman–Crippen MR) is 51.1 cm³/mol. The Labute approximate surface area is 73.6 Å². The molecule has 0 atom stereocenters. The third-order valence-electron chi connectivity index (χ3n) is 1.68. The molecule has 2 rings (SSSR count). The summed E-state index contributed by atoms with van der Waals surface area (Å²) in [5.74, 6) is 0. The van der Waals surface area contributed by atoms with E-state index in [0.717, 1.165) is 13.1 Å². The van der Waals surface area contributed by atoms with Gasteiger partial charge in [0.05, 0.1) is 0 Å². The molecule has 0 spiro atoms. The van der Waals surface area contributed by atoms with Gasteiger partial charge in [0.1, 0.15) is 0 Å². The molecule has 12 heavy (non-hydrogen) atoms. The number of rotatable bonds is 0. The van der Waals surface area contributed by atoms with Gasteiger partial charge in [-0.15, -0.1) is 0 Å². The second kappa shape index (κ2) is 6.88. The van der Waals surface area contributed by atoms with Crippen LogP contribution < -0.4 is 10.6 Å². The Morgan fingerprint density at radius 3 is 1.75 bits per heavy atom. The molecule has 0 aliphatic carbocycles. The van der Waals surface area contributed by atoms with Gasteiger partial charge in [-0.25, -0.2) is 0 Å². The van der Waals surface area contributed by atoms with Gasteiger partial charge in [-0.2, -0.15) is 0 Å². The first kappa shape index (κ1) is 9.29. The van der Waals surface area contributed by atoms with Crippen LogP contribution in [0.25, 0.3) is 0 Å². The van der Waals surface area contributed by atoms with Gasteiger partial charge in [0, 0.05) is 25.5 Å². The van der Waals surface area contributed by atoms with E-state index >= 15 is 0 Å². The number of nitrogens with one attached hydrogen (secondary N) is 3. The highest BCUT2D eigenvalue weighted by Crippen LogP contribution is 1.75. The van der Waals surface area contributed by atoms with Crippen molar-refractivity contribution in [1.82, 2.24) is 15.6 Å². The average molecular weight is 167 g/mol. The third-order valence-corrected chi connectivity index (χ3v) is 1.68. The summed E-state index contributed by atoms with van der Waals surface area (Å²) in [4.78, 5) is 2.86. The highest BCUT2D eigenvalue weighted by atomic mass is 15.0. The topological polar surface area (TPSA) is 39.8 Å². The molecular formula is C9H17N3. The highest BCUT2D eigenvalue weighted by molar-refractivity contribution is 4.84. The van der Waals surface area contributed by atoms with E-state index < -0.39 is 0 Å². The largest absolute Gasteiger partial charge is 0.368 e. The minimum atomic E-state index is 1.14. The van der Waals surface area contributed by atoms with Crippen molar-refractivity contribution in [3.63, 3.8) is 0 Å². The van der Waals surface area contributed by atoms with E-state index in [1.54, 1.807) is 0 Å². The molecule has 0 aromatic carbocycles. The fourth-order valence-electron chi connectivity index (χ4n) is 1.04. The zero-order valence-electron chi connectivity index (χ0n) is 7.34. The molecule has 3 N–H and O–H groups in total. The molecule has 1 fully saturated rings. The van der Waals surface area contributed by atoms with Crippen molar-refractivity contribution in [2.24, 2.45) is 0 Å². The molecule has 0 radical (unpaired) electrons. The van der Waals surface area contributed by atoms with Crippen LogP contribution in [-0.2, 0) is 0 Å². The summed E-state index contributed by atoms with van der Waals surface area (Å²) in [7, 11) is 0. The first-order valence-electron chi connectivity index (χ1n) is 4.49. The molecule has 68 valence electrons. The lowest BCUT2D eigenvalue weighted by Crippen LogP contribution is -2.21. The zero-order chi connectivity index (χ0) is 8.49. The second-order valence-corrected chi connectivity index (χ2v) is 2.74. The van der Waals surface area contributed by atoms with Crippen LogP contribution in [-0.4, -0.2) is 31.2 Å². The molecule has 3 heteroatoms. The lowest BCUT2D eigenvalue weighted by Gasteiger charge is -1.92. The van der Waals surface area contributed by atoms with E-state index in [9.17, 15) is 0 Å². The van der Waals surface area contributed by atoms with Gasteiger partial charge in [0.2, 0.25) is 0 Å². The number of hydrogen-bond acceptors (Lipinski definition) is 2. The summed E-state index contributed by atoms with van der Waals surface area (Å²) in [6, 6.07) is 3.89. The lowest BCUT2D eigenvalue weighted by atomic mass is 10.4. The monoisotopic (exact) mass is 167 g/mol. The predicted octanol–water partition coefficient (Wildman–Crippen LogP) is 0.584. The first-order chi connectivity index (χ1) is 6.00. The number of aromatic nitrogens is 1. The van der Waals surface area contributed by atoms with E-state index in [4.69, 9.17) is 0 Å². The van der Waals surface area contributed by atoms with Gasteiger partial charge >= 0.3 is 0 Å². The first-order valence-corrected chi connectivity index (χ1v) is 4.49. The molecule has 2 heterocycles. The van der Waals surface area contributed by atoms with Gasteiger partial charge in [0.15, 0.2) is 0 Å². The molecule has 1 aliphatic rings. The smallest absolute Gasteiger partial charge is 0.00767 e. The molecule has 1 aromatic rings. The SMILES string of the molecule is C1CNCCNC1.c1cc[nH]c1. The third kappa shape index (κ3) is 4.93. The summed E-state index contributed by atoms with van der Waals surface area (Å²) in [6.45, 7) is 4.65. The minimum Gasteiger partial charge on any atom is -0.368 e. The molecule has 1 aliphatic heterocycles. The fraction of sp³-hybridized carbons (Fsp3) is 0.556. The van der Waals surface area contributed by atoms with Crippen molar-refractivity contribution in [3.8, 4) is 0 Å². The van der Waals surface area contributed by atoms with Gasteiger partial charge in [0.25, 0.3) is 0 Å². The van der Waals surface area contributed by atoms with Crippen molar-refractivity contribution in [2.75, 3.05) is 26.2 Å². The van der Waals surface area contributed by atoms with Crippen LogP contribution in [0, 0.1) is 0 Å². The molecule has 0 amide bonds. The number of aromatic amines is 1. The normalized spacial score (nSPS) is 17.3. The van der Waals surface area contributed by atoms with Crippen LogP contribution in [0.15, 0.2) is 24.5 Å². The van der Waals surface area contributed by atoms with E-state index in [-0.39, 0.29) is 0 Å². The maximum atomic E-state index is 3.28. The fourth-order valence-corrected chi connectivity index (χ4v) is 1.04. The molecule has 0 unspecified atom stereocenters. The van der Waals surface area contributed by atoms with Crippen LogP contribution >= 0.6 is 0 Å². The second-order valence-electron chi connectivity index (χ2n) is 2.74. The summed E-state index contributed by atoms with van der Waals surface area (Å²) in [5.41, 5.74) is 0. The molecule has 0 saturated carbocycles. The summed E-state index contributed by atoms with van der Waals surface area (Å²) < 4.78 is 0. The zero-order valence-corrected chi connectivity index (χ0v) is 7.34. The molecule has 3 nitrogen and oxygen atoms in total. The van der Waals surface area contributed by atoms with Crippen molar-refractivity contribution < 1.29 is 0 Å². The molecule has 1 saturated heterocycles. The highest BCUT2D eigenvalue weighted by Gasteiger charge is 1.92. The van der Waals surface area contributed by atoms with Crippen LogP contribution in [0.1, 0.15) is 6.42 Å². The van der Waals surface area contributed by atoms with E-state index in [1.165, 1.54) is 19.5 Å². The minimum absolute atomic E-state index is 1.14. The molecular weight excluding hydrogens is 150 g/mol. The number of H-pyrrole nitrogens is 1. The van der Waals surface area contributed by atoms with Crippen molar-refractivity contribution in [3.05, 3.63) is 24.5 Å². The lowest BCUT2D eigenvalue weighted by molar-refractivity contribution is 0.718. The van der Waals surface area contributed by atoms with Crippen LogP contribution in [0.2, 0.25) is 0 Å². The summed E-state index contributed by atoms with van der Waals surface area (Å²) in [6.07, 6.45) is 5.03. The molecule has 1 aromatic heterocycles. The molecule has 0 bridgehead atoms. The maximum absolute atomic E-state index is 3.28. The Hall–Kier alpha value is -0.800. The van der Waals surface area contributed by atoms with Crippen molar-refractivity contribution in [1.29, 1.82) is 0 Å². The van der Waals surface area contributed by atoms with E-state index in [2.05, 4.69) is 15.6 Å². The van der Waals surface area contributed by atoms with Crippen molar-refractivity contribution >= 4 is 0 Å². The van der Waals surface area contributed by atoms with Gasteiger partial charge < -0.3 is 15.6 Å². The Morgan fingerprint density at radius 1 is 0.750 bits per heavy atom. The Balaban J connectivity index is 0.000000127. The number of hydrogen-bond donors (Lipinski definition) is 3. The Morgan fingerprint density at radius 2 is 1.33 bits per heavy atom. The summed E-state index contributed by atoms with van der Waals surface area (Å²) in [5, 5.41) is 6.57. The summed E-state index contributed by atoms with van der Waals surface area (Å²) >= 11 is 0. The maximum Gasteiger partial charge on any atom is 0.00767 e. The van der Waals surface area contributed by atoms with Crippen molar-refractivity contribution in [2.45, 2.75) is 6.42 Å². The van der Waals surface area contributed by atoms with Gasteiger partial charge in [-0.1, -0.05) is 0 Å². The quantitative estimate of drug-likeness (QED) is 0.529.